The number of benzene rings is 3. The topological polar surface area (TPSA) is 71.0 Å². The zero-order valence-corrected chi connectivity index (χ0v) is 24.5. The van der Waals surface area contributed by atoms with Crippen molar-refractivity contribution in [2.75, 3.05) is 20.1 Å². The number of aliphatic hydroxyl groups is 1. The molecule has 1 saturated heterocycles. The molecular formula is C31H33Cl3N2O4. The van der Waals surface area contributed by atoms with Crippen molar-refractivity contribution >= 4 is 40.7 Å². The number of nitrogens with one attached hydrogen (secondary N) is 1. The van der Waals surface area contributed by atoms with Crippen LogP contribution >= 0.6 is 34.8 Å². The molecule has 1 heterocycles. The monoisotopic (exact) mass is 602 g/mol. The molecule has 9 heteroatoms. The van der Waals surface area contributed by atoms with Crippen molar-refractivity contribution in [2.45, 2.75) is 41.9 Å². The molecule has 0 aliphatic carbocycles. The Hall–Kier alpha value is -2.42. The van der Waals surface area contributed by atoms with Crippen molar-refractivity contribution < 1.29 is 19.4 Å². The third kappa shape index (κ3) is 8.30. The molecule has 0 radical (unpaired) electrons. The third-order valence-corrected chi connectivity index (χ3v) is 7.22. The molecule has 40 heavy (non-hydrogen) atoms. The maximum atomic E-state index is 11.9. The fourth-order valence-electron chi connectivity index (χ4n) is 4.68. The summed E-state index contributed by atoms with van der Waals surface area (Å²) in [6.45, 7) is 5.57. The summed E-state index contributed by atoms with van der Waals surface area (Å²) in [6.07, 6.45) is 1.80. The summed E-state index contributed by atoms with van der Waals surface area (Å²) in [5.74, 6) is -0.676. The minimum Gasteiger partial charge on any atom is -0.392 e. The summed E-state index contributed by atoms with van der Waals surface area (Å²) in [4.78, 5) is 14.1. The van der Waals surface area contributed by atoms with E-state index in [0.717, 1.165) is 46.5 Å². The summed E-state index contributed by atoms with van der Waals surface area (Å²) in [5.41, 5.74) is 5.62. The first-order valence-electron chi connectivity index (χ1n) is 13.0. The first-order chi connectivity index (χ1) is 19.2. The van der Waals surface area contributed by atoms with E-state index in [4.69, 9.17) is 44.3 Å². The second kappa shape index (κ2) is 14.0. The molecule has 0 aromatic heterocycles. The van der Waals surface area contributed by atoms with Crippen LogP contribution in [0.15, 0.2) is 85.5 Å². The van der Waals surface area contributed by atoms with E-state index >= 15 is 0 Å². The van der Waals surface area contributed by atoms with Crippen LogP contribution in [0.1, 0.15) is 41.1 Å². The lowest BCUT2D eigenvalue weighted by Crippen LogP contribution is -2.37. The minimum atomic E-state index is -2.01. The molecular weight excluding hydrogens is 571 g/mol. The van der Waals surface area contributed by atoms with Crippen molar-refractivity contribution in [1.82, 2.24) is 10.2 Å². The van der Waals surface area contributed by atoms with E-state index < -0.39 is 16.0 Å². The van der Waals surface area contributed by atoms with Crippen molar-refractivity contribution in [2.24, 2.45) is 0 Å². The van der Waals surface area contributed by atoms with Crippen LogP contribution in [0.25, 0.3) is 11.1 Å². The predicted octanol–water partition coefficient (Wildman–Crippen LogP) is 6.50. The fraction of sp³-hybridized carbons (Fsp3) is 0.323. The largest absolute Gasteiger partial charge is 0.392 e. The van der Waals surface area contributed by atoms with Crippen LogP contribution in [-0.4, -0.2) is 45.9 Å². The Kier molecular flexibility index (Phi) is 10.7. The Bertz CT molecular complexity index is 1300. The summed E-state index contributed by atoms with van der Waals surface area (Å²) in [7, 11) is 2.05. The lowest BCUT2D eigenvalue weighted by Gasteiger charge is -2.37. The molecule has 1 amide bonds. The first kappa shape index (κ1) is 30.5. The fourth-order valence-corrected chi connectivity index (χ4v) is 4.88. The summed E-state index contributed by atoms with van der Waals surface area (Å²) < 4.78 is 11.0. The van der Waals surface area contributed by atoms with Gasteiger partial charge in [0.2, 0.25) is 0 Å². The molecule has 3 aromatic rings. The molecule has 1 aliphatic heterocycles. The van der Waals surface area contributed by atoms with E-state index in [2.05, 4.69) is 22.9 Å². The number of amides is 1. The summed E-state index contributed by atoms with van der Waals surface area (Å²) in [6, 6.07) is 23.7. The number of aliphatic hydroxyl groups excluding tert-OH is 1. The lowest BCUT2D eigenvalue weighted by molar-refractivity contribution is -0.252. The highest BCUT2D eigenvalue weighted by Gasteiger charge is 2.33. The highest BCUT2D eigenvalue weighted by atomic mass is 35.6. The van der Waals surface area contributed by atoms with Gasteiger partial charge in [0.15, 0.2) is 6.29 Å². The molecule has 0 unspecified atom stereocenters. The molecule has 2 N–H and O–H groups in total. The van der Waals surface area contributed by atoms with Gasteiger partial charge in [-0.2, -0.15) is 0 Å². The Morgan fingerprint density at radius 2 is 1.73 bits per heavy atom. The summed E-state index contributed by atoms with van der Waals surface area (Å²) >= 11 is 17.0. The van der Waals surface area contributed by atoms with E-state index in [-0.39, 0.29) is 25.4 Å². The van der Waals surface area contributed by atoms with Crippen LogP contribution in [0.4, 0.5) is 0 Å². The molecule has 0 spiro atoms. The molecule has 212 valence electrons. The number of ether oxygens (including phenoxy) is 2. The zero-order valence-electron chi connectivity index (χ0n) is 22.2. The predicted molar refractivity (Wildman–Crippen MR) is 160 cm³/mol. The minimum absolute atomic E-state index is 0.000218. The van der Waals surface area contributed by atoms with Gasteiger partial charge in [-0.15, -0.1) is 6.58 Å². The second-order valence-electron chi connectivity index (χ2n) is 9.87. The molecule has 0 bridgehead atoms. The zero-order chi connectivity index (χ0) is 28.7. The molecule has 4 rings (SSSR count). The number of alkyl halides is 3. The van der Waals surface area contributed by atoms with E-state index in [1.54, 1.807) is 0 Å². The number of nitrogens with zero attached hydrogens (tertiary/aromatic N) is 1. The Morgan fingerprint density at radius 1 is 1.02 bits per heavy atom. The quantitative estimate of drug-likeness (QED) is 0.205. The number of hydrogen-bond donors (Lipinski definition) is 2. The van der Waals surface area contributed by atoms with Gasteiger partial charge in [-0.3, -0.25) is 4.79 Å². The molecule has 3 aromatic carbocycles. The van der Waals surface area contributed by atoms with Gasteiger partial charge in [0, 0.05) is 31.6 Å². The normalized spacial score (nSPS) is 19.4. The van der Waals surface area contributed by atoms with Crippen molar-refractivity contribution in [1.29, 1.82) is 0 Å². The van der Waals surface area contributed by atoms with Gasteiger partial charge in [0.1, 0.15) is 0 Å². The first-order valence-corrected chi connectivity index (χ1v) is 14.1. The lowest BCUT2D eigenvalue weighted by atomic mass is 9.98. The molecule has 6 nitrogen and oxygen atoms in total. The molecule has 1 aliphatic rings. The second-order valence-corrected chi connectivity index (χ2v) is 12.1. The number of hydrogen-bond acceptors (Lipinski definition) is 5. The number of halogens is 3. The van der Waals surface area contributed by atoms with Crippen LogP contribution in [0.2, 0.25) is 0 Å². The van der Waals surface area contributed by atoms with Gasteiger partial charge in [0.25, 0.3) is 9.70 Å². The maximum absolute atomic E-state index is 11.9. The highest BCUT2D eigenvalue weighted by Crippen LogP contribution is 2.39. The van der Waals surface area contributed by atoms with Crippen LogP contribution < -0.4 is 5.32 Å². The average Bonchev–Trinajstić information content (AvgIpc) is 2.95. The molecule has 3 atom stereocenters. The smallest absolute Gasteiger partial charge is 0.272 e. The van der Waals surface area contributed by atoms with Gasteiger partial charge in [-0.1, -0.05) is 102 Å². The number of carbonyl (C=O) groups is 1. The Labute approximate surface area is 250 Å². The number of rotatable bonds is 10. The van der Waals surface area contributed by atoms with Crippen LogP contribution in [0.3, 0.4) is 0 Å². The standard InChI is InChI=1S/C31H33Cl3N2O4/c1-3-14-36(2)19-27-17-28(23-12-10-21(20-37)11-13-23)40-29(39-27)26-9-5-8-25(16-26)24-7-4-6-22(15-24)18-35-30(38)31(32,33)34/h3-13,15-16,27-29,37H,1,14,17-20H2,2H3,(H,35,38)/t27-,28+,29+/m0/s1. The van der Waals surface area contributed by atoms with Gasteiger partial charge in [-0.25, -0.2) is 0 Å². The van der Waals surface area contributed by atoms with E-state index in [9.17, 15) is 9.90 Å². The molecule has 0 saturated carbocycles. The van der Waals surface area contributed by atoms with Gasteiger partial charge >= 0.3 is 0 Å². The highest BCUT2D eigenvalue weighted by molar-refractivity contribution is 6.76. The average molecular weight is 604 g/mol. The van der Waals surface area contributed by atoms with Crippen LogP contribution in [0.5, 0.6) is 0 Å². The van der Waals surface area contributed by atoms with Gasteiger partial charge in [-0.05, 0) is 47.0 Å². The van der Waals surface area contributed by atoms with Crippen molar-refractivity contribution in [3.05, 3.63) is 108 Å². The SMILES string of the molecule is C=CCN(C)C[C@@H]1C[C@H](c2ccc(CO)cc2)O[C@H](c2cccc(-c3cccc(CNC(=O)C(Cl)(Cl)Cl)c3)c2)O1. The van der Waals surface area contributed by atoms with E-state index in [1.807, 2.05) is 79.9 Å². The van der Waals surface area contributed by atoms with E-state index in [0.29, 0.717) is 6.42 Å². The van der Waals surface area contributed by atoms with Crippen molar-refractivity contribution in [3.63, 3.8) is 0 Å². The maximum Gasteiger partial charge on any atom is 0.272 e. The Balaban J connectivity index is 1.56. The number of carbonyl (C=O) groups excluding carboxylic acids is 1. The number of likely N-dealkylation sites (N-methyl/N-ethyl adjacent to an activating group) is 1. The van der Waals surface area contributed by atoms with Crippen molar-refractivity contribution in [3.8, 4) is 11.1 Å². The molecule has 1 fully saturated rings. The third-order valence-electron chi connectivity index (χ3n) is 6.70. The van der Waals surface area contributed by atoms with E-state index in [1.165, 1.54) is 0 Å². The van der Waals surface area contributed by atoms with Crippen LogP contribution in [-0.2, 0) is 27.4 Å². The van der Waals surface area contributed by atoms with Gasteiger partial charge < -0.3 is 24.8 Å². The van der Waals surface area contributed by atoms with Crippen LogP contribution in [0, 0.1) is 0 Å². The van der Waals surface area contributed by atoms with Gasteiger partial charge in [0.05, 0.1) is 18.8 Å². The summed E-state index contributed by atoms with van der Waals surface area (Å²) in [5, 5.41) is 12.1. The Morgan fingerprint density at radius 3 is 2.40 bits per heavy atom.